The van der Waals surface area contributed by atoms with E-state index >= 15 is 0 Å². The van der Waals surface area contributed by atoms with Crippen LogP contribution in [0.2, 0.25) is 0 Å². The highest BCUT2D eigenvalue weighted by atomic mass is 79.9. The Hall–Kier alpha value is -2.41. The number of carbonyl (C=O) groups excluding carboxylic acids is 2. The molecular weight excluding hydrogens is 393 g/mol. The van der Waals surface area contributed by atoms with Crippen molar-refractivity contribution in [1.29, 1.82) is 0 Å². The third-order valence-corrected chi connectivity index (χ3v) is 4.01. The number of rotatable bonds is 6. The first kappa shape index (κ1) is 18.9. The zero-order valence-electron chi connectivity index (χ0n) is 13.7. The summed E-state index contributed by atoms with van der Waals surface area (Å²) in [6.45, 7) is 1.32. The van der Waals surface area contributed by atoms with Crippen LogP contribution in [0.1, 0.15) is 28.9 Å². The molecule has 7 heteroatoms. The summed E-state index contributed by atoms with van der Waals surface area (Å²) >= 11 is 3.34. The third-order valence-electron chi connectivity index (χ3n) is 3.48. The second kappa shape index (κ2) is 8.62. The van der Waals surface area contributed by atoms with Gasteiger partial charge in [-0.2, -0.15) is 0 Å². The Balaban J connectivity index is 1.89. The minimum atomic E-state index is -0.911. The molecule has 1 atom stereocenters. The fourth-order valence-corrected chi connectivity index (χ4v) is 2.38. The number of ether oxygens (including phenoxy) is 2. The van der Waals surface area contributed by atoms with Gasteiger partial charge in [0.25, 0.3) is 5.91 Å². The van der Waals surface area contributed by atoms with Crippen LogP contribution in [0.25, 0.3) is 0 Å². The van der Waals surface area contributed by atoms with Gasteiger partial charge in [0.15, 0.2) is 6.61 Å². The lowest BCUT2D eigenvalue weighted by Crippen LogP contribution is -2.31. The van der Waals surface area contributed by atoms with Crippen LogP contribution in [0.3, 0.4) is 0 Å². The normalized spacial score (nSPS) is 11.5. The second-order valence-electron chi connectivity index (χ2n) is 5.26. The molecule has 25 heavy (non-hydrogen) atoms. The summed E-state index contributed by atoms with van der Waals surface area (Å²) in [6, 6.07) is 11.0. The van der Waals surface area contributed by atoms with E-state index in [1.807, 2.05) is 31.2 Å². The number of halogens is 2. The monoisotopic (exact) mass is 409 g/mol. The average Bonchev–Trinajstić information content (AvgIpc) is 2.60. The van der Waals surface area contributed by atoms with Gasteiger partial charge in [0, 0.05) is 10.5 Å². The number of hydrogen-bond donors (Lipinski definition) is 1. The number of benzene rings is 2. The van der Waals surface area contributed by atoms with Gasteiger partial charge < -0.3 is 14.8 Å². The summed E-state index contributed by atoms with van der Waals surface area (Å²) in [5.74, 6) is -1.87. The maximum Gasteiger partial charge on any atom is 0.341 e. The second-order valence-corrected chi connectivity index (χ2v) is 6.18. The highest BCUT2D eigenvalue weighted by molar-refractivity contribution is 9.10. The molecule has 2 aromatic rings. The number of hydrogen-bond acceptors (Lipinski definition) is 4. The van der Waals surface area contributed by atoms with Crippen LogP contribution in [0, 0.1) is 5.82 Å². The average molecular weight is 410 g/mol. The maximum atomic E-state index is 13.8. The van der Waals surface area contributed by atoms with Gasteiger partial charge in [0.2, 0.25) is 0 Å². The standard InChI is InChI=1S/C18H17BrFNO4/c1-11(12-3-5-13(19)6-4-12)21-17(22)10-25-18(23)15-8-7-14(24-2)9-16(15)20/h3-9,11H,10H2,1-2H3,(H,21,22)/t11-/m1/s1. The first-order valence-electron chi connectivity index (χ1n) is 7.46. The molecule has 5 nitrogen and oxygen atoms in total. The fraction of sp³-hybridized carbons (Fsp3) is 0.222. The Labute approximate surface area is 153 Å². The predicted molar refractivity (Wildman–Crippen MR) is 93.9 cm³/mol. The molecule has 0 saturated carbocycles. The third kappa shape index (κ3) is 5.29. The van der Waals surface area contributed by atoms with Gasteiger partial charge >= 0.3 is 5.97 Å². The molecule has 1 N–H and O–H groups in total. The fourth-order valence-electron chi connectivity index (χ4n) is 2.12. The van der Waals surface area contributed by atoms with Crippen molar-refractivity contribution in [3.05, 3.63) is 63.9 Å². The lowest BCUT2D eigenvalue weighted by molar-refractivity contribution is -0.124. The summed E-state index contributed by atoms with van der Waals surface area (Å²) in [4.78, 5) is 23.8. The van der Waals surface area contributed by atoms with Crippen molar-refractivity contribution in [2.45, 2.75) is 13.0 Å². The summed E-state index contributed by atoms with van der Waals surface area (Å²) in [5, 5.41) is 2.71. The Kier molecular flexibility index (Phi) is 6.52. The molecule has 0 aliphatic rings. The Morgan fingerprint density at radius 1 is 1.20 bits per heavy atom. The summed E-state index contributed by atoms with van der Waals surface area (Å²) < 4.78 is 24.4. The zero-order valence-corrected chi connectivity index (χ0v) is 15.3. The van der Waals surface area contributed by atoms with Crippen LogP contribution in [0.15, 0.2) is 46.9 Å². The van der Waals surface area contributed by atoms with Crippen molar-refractivity contribution >= 4 is 27.8 Å². The van der Waals surface area contributed by atoms with Crippen LogP contribution in [0.5, 0.6) is 5.75 Å². The summed E-state index contributed by atoms with van der Waals surface area (Å²) in [5.41, 5.74) is 0.652. The Morgan fingerprint density at radius 2 is 1.88 bits per heavy atom. The smallest absolute Gasteiger partial charge is 0.341 e. The number of esters is 1. The van der Waals surface area contributed by atoms with E-state index in [1.165, 1.54) is 19.2 Å². The molecule has 0 unspecified atom stereocenters. The molecule has 0 aromatic heterocycles. The predicted octanol–water partition coefficient (Wildman–Crippen LogP) is 3.63. The molecule has 0 bridgehead atoms. The molecule has 0 saturated heterocycles. The lowest BCUT2D eigenvalue weighted by Gasteiger charge is -2.14. The van der Waals surface area contributed by atoms with Crippen LogP contribution >= 0.6 is 15.9 Å². The zero-order chi connectivity index (χ0) is 18.4. The first-order chi connectivity index (χ1) is 11.9. The summed E-state index contributed by atoms with van der Waals surface area (Å²) in [6.07, 6.45) is 0. The van der Waals surface area contributed by atoms with E-state index in [-0.39, 0.29) is 17.4 Å². The molecule has 0 radical (unpaired) electrons. The topological polar surface area (TPSA) is 64.6 Å². The minimum absolute atomic E-state index is 0.253. The van der Waals surface area contributed by atoms with Crippen molar-refractivity contribution in [3.8, 4) is 5.75 Å². The van der Waals surface area contributed by atoms with Crippen molar-refractivity contribution < 1.29 is 23.5 Å². The van der Waals surface area contributed by atoms with E-state index in [4.69, 9.17) is 9.47 Å². The van der Waals surface area contributed by atoms with Gasteiger partial charge in [0.1, 0.15) is 11.6 Å². The van der Waals surface area contributed by atoms with Gasteiger partial charge in [-0.05, 0) is 36.8 Å². The number of amides is 1. The van der Waals surface area contributed by atoms with Crippen LogP contribution in [-0.2, 0) is 9.53 Å². The highest BCUT2D eigenvalue weighted by Crippen LogP contribution is 2.18. The molecule has 0 fully saturated rings. The molecular formula is C18H17BrFNO4. The maximum absolute atomic E-state index is 13.8. The van der Waals surface area contributed by atoms with E-state index in [2.05, 4.69) is 21.2 Å². The van der Waals surface area contributed by atoms with Crippen molar-refractivity contribution in [3.63, 3.8) is 0 Å². The molecule has 0 spiro atoms. The highest BCUT2D eigenvalue weighted by Gasteiger charge is 2.16. The quantitative estimate of drug-likeness (QED) is 0.739. The summed E-state index contributed by atoms with van der Waals surface area (Å²) in [7, 11) is 1.39. The molecule has 0 heterocycles. The van der Waals surface area contributed by atoms with Gasteiger partial charge in [-0.1, -0.05) is 28.1 Å². The number of methoxy groups -OCH3 is 1. The molecule has 132 valence electrons. The number of carbonyl (C=O) groups is 2. The van der Waals surface area contributed by atoms with Gasteiger partial charge in [-0.15, -0.1) is 0 Å². The van der Waals surface area contributed by atoms with Crippen molar-refractivity contribution in [1.82, 2.24) is 5.32 Å². The van der Waals surface area contributed by atoms with E-state index in [1.54, 1.807) is 0 Å². The van der Waals surface area contributed by atoms with E-state index in [9.17, 15) is 14.0 Å². The van der Waals surface area contributed by atoms with Crippen LogP contribution in [-0.4, -0.2) is 25.6 Å². The van der Waals surface area contributed by atoms with E-state index in [0.717, 1.165) is 16.1 Å². The Morgan fingerprint density at radius 3 is 2.48 bits per heavy atom. The SMILES string of the molecule is COc1ccc(C(=O)OCC(=O)N[C@H](C)c2ccc(Br)cc2)c(F)c1. The molecule has 2 aromatic carbocycles. The van der Waals surface area contributed by atoms with Gasteiger partial charge in [-0.25, -0.2) is 9.18 Å². The largest absolute Gasteiger partial charge is 0.497 e. The molecule has 2 rings (SSSR count). The molecule has 0 aliphatic carbocycles. The van der Waals surface area contributed by atoms with Crippen LogP contribution in [0.4, 0.5) is 4.39 Å². The van der Waals surface area contributed by atoms with E-state index in [0.29, 0.717) is 0 Å². The van der Waals surface area contributed by atoms with Crippen molar-refractivity contribution in [2.75, 3.05) is 13.7 Å². The minimum Gasteiger partial charge on any atom is -0.497 e. The first-order valence-corrected chi connectivity index (χ1v) is 8.25. The Bertz CT molecular complexity index is 764. The van der Waals surface area contributed by atoms with Crippen molar-refractivity contribution in [2.24, 2.45) is 0 Å². The van der Waals surface area contributed by atoms with Gasteiger partial charge in [-0.3, -0.25) is 4.79 Å². The molecule has 1 amide bonds. The molecule has 0 aliphatic heterocycles. The van der Waals surface area contributed by atoms with Gasteiger partial charge in [0.05, 0.1) is 18.7 Å². The number of nitrogens with one attached hydrogen (secondary N) is 1. The lowest BCUT2D eigenvalue weighted by atomic mass is 10.1. The van der Waals surface area contributed by atoms with Crippen LogP contribution < -0.4 is 10.1 Å². The van der Waals surface area contributed by atoms with E-state index < -0.39 is 24.3 Å².